The summed E-state index contributed by atoms with van der Waals surface area (Å²) in [6.07, 6.45) is 0.0769. The fraction of sp³-hybridized carbons (Fsp3) is 0.235. The van der Waals surface area contributed by atoms with Gasteiger partial charge in [0.2, 0.25) is 0 Å². The molecule has 122 valence electrons. The van der Waals surface area contributed by atoms with Gasteiger partial charge in [0.1, 0.15) is 18.2 Å². The molecule has 0 aliphatic rings. The van der Waals surface area contributed by atoms with E-state index in [-0.39, 0.29) is 18.8 Å². The van der Waals surface area contributed by atoms with Crippen molar-refractivity contribution >= 4 is 18.0 Å². The van der Waals surface area contributed by atoms with Crippen molar-refractivity contribution in [1.29, 1.82) is 0 Å². The van der Waals surface area contributed by atoms with Crippen LogP contribution in [0.5, 0.6) is 5.75 Å². The smallest absolute Gasteiger partial charge is 0.304 e. The number of ether oxygens (including phenoxy) is 1. The summed E-state index contributed by atoms with van der Waals surface area (Å²) in [6, 6.07) is 13.8. The normalized spacial score (nSPS) is 10.5. The van der Waals surface area contributed by atoms with Gasteiger partial charge < -0.3 is 14.0 Å². The lowest BCUT2D eigenvalue weighted by Gasteiger charge is -2.08. The maximum atomic E-state index is 13.5. The van der Waals surface area contributed by atoms with Crippen LogP contribution in [0.15, 0.2) is 48.5 Å². The molecule has 23 heavy (non-hydrogen) atoms. The third kappa shape index (κ3) is 6.30. The predicted octanol–water partition coefficient (Wildman–Crippen LogP) is 4.04. The number of benzene rings is 2. The lowest BCUT2D eigenvalue weighted by atomic mass is 10.2. The summed E-state index contributed by atoms with van der Waals surface area (Å²) in [6.45, 7) is 0.561. The number of hydrogen-bond acceptors (Lipinski definition) is 4. The van der Waals surface area contributed by atoms with Crippen LogP contribution in [0.2, 0.25) is 0 Å². The van der Waals surface area contributed by atoms with Gasteiger partial charge in [0.05, 0.1) is 13.0 Å². The van der Waals surface area contributed by atoms with Crippen LogP contribution in [-0.4, -0.2) is 16.8 Å². The number of rotatable bonds is 9. The van der Waals surface area contributed by atoms with Gasteiger partial charge in [-0.2, -0.15) is 0 Å². The minimum absolute atomic E-state index is 0.0769. The van der Waals surface area contributed by atoms with E-state index in [4.69, 9.17) is 14.0 Å². The molecule has 0 bridgehead atoms. The van der Waals surface area contributed by atoms with E-state index in [2.05, 4.69) is 0 Å². The van der Waals surface area contributed by atoms with Gasteiger partial charge in [-0.1, -0.05) is 30.3 Å². The number of carboxylic acid groups (broad SMARTS) is 1. The fourth-order valence-electron chi connectivity index (χ4n) is 1.76. The summed E-state index contributed by atoms with van der Waals surface area (Å²) in [5.74, 6) is -0.0528. The zero-order valence-electron chi connectivity index (χ0n) is 12.4. The summed E-state index contributed by atoms with van der Waals surface area (Å²) < 4.78 is 24.3. The van der Waals surface area contributed by atoms with E-state index in [1.807, 2.05) is 12.1 Å². The minimum atomic E-state index is -0.836. The molecule has 6 heteroatoms. The standard InChI is InChI=1S/C17H17FO4S/c18-16-4-2-1-3-14(16)12-21-15-7-5-13(6-8-15)11-22-23-10-9-17(19)20/h1-8H,9-12H2,(H,19,20). The van der Waals surface area contributed by atoms with Crippen molar-refractivity contribution in [2.24, 2.45) is 0 Å². The Morgan fingerprint density at radius 1 is 1.09 bits per heavy atom. The van der Waals surface area contributed by atoms with E-state index in [0.717, 1.165) is 17.6 Å². The third-order valence-corrected chi connectivity index (χ3v) is 3.64. The summed E-state index contributed by atoms with van der Waals surface area (Å²) in [5.41, 5.74) is 1.46. The molecular formula is C17H17FO4S. The van der Waals surface area contributed by atoms with Gasteiger partial charge in [-0.3, -0.25) is 4.79 Å². The highest BCUT2D eigenvalue weighted by Gasteiger charge is 2.02. The van der Waals surface area contributed by atoms with E-state index in [9.17, 15) is 9.18 Å². The highest BCUT2D eigenvalue weighted by atomic mass is 32.2. The van der Waals surface area contributed by atoms with Crippen molar-refractivity contribution in [1.82, 2.24) is 0 Å². The maximum Gasteiger partial charge on any atom is 0.304 e. The predicted molar refractivity (Wildman–Crippen MR) is 86.7 cm³/mol. The van der Waals surface area contributed by atoms with Crippen LogP contribution in [0.25, 0.3) is 0 Å². The molecule has 4 nitrogen and oxygen atoms in total. The Morgan fingerprint density at radius 2 is 1.83 bits per heavy atom. The molecule has 2 aromatic rings. The van der Waals surface area contributed by atoms with Gasteiger partial charge in [-0.05, 0) is 35.8 Å². The molecule has 0 atom stereocenters. The monoisotopic (exact) mass is 336 g/mol. The summed E-state index contributed by atoms with van der Waals surface area (Å²) in [4.78, 5) is 10.3. The van der Waals surface area contributed by atoms with E-state index >= 15 is 0 Å². The first-order valence-electron chi connectivity index (χ1n) is 7.06. The lowest BCUT2D eigenvalue weighted by Crippen LogP contribution is -1.98. The first-order chi connectivity index (χ1) is 11.1. The molecule has 0 aliphatic carbocycles. The Kier molecular flexibility index (Phi) is 6.90. The van der Waals surface area contributed by atoms with Gasteiger partial charge in [-0.25, -0.2) is 4.39 Å². The molecule has 0 unspecified atom stereocenters. The number of hydrogen-bond donors (Lipinski definition) is 1. The second-order valence-electron chi connectivity index (χ2n) is 4.75. The molecule has 2 rings (SSSR count). The highest BCUT2D eigenvalue weighted by Crippen LogP contribution is 2.17. The van der Waals surface area contributed by atoms with Crippen LogP contribution in [-0.2, 0) is 22.2 Å². The average molecular weight is 336 g/mol. The highest BCUT2D eigenvalue weighted by molar-refractivity contribution is 7.94. The SMILES string of the molecule is O=C(O)CCSOCc1ccc(OCc2ccccc2F)cc1. The zero-order chi connectivity index (χ0) is 16.5. The second-order valence-corrected chi connectivity index (χ2v) is 5.63. The zero-order valence-corrected chi connectivity index (χ0v) is 13.2. The molecule has 1 N–H and O–H groups in total. The Morgan fingerprint density at radius 3 is 2.52 bits per heavy atom. The van der Waals surface area contributed by atoms with Crippen LogP contribution in [0.1, 0.15) is 17.5 Å². The lowest BCUT2D eigenvalue weighted by molar-refractivity contribution is -0.136. The molecule has 2 aromatic carbocycles. The van der Waals surface area contributed by atoms with Gasteiger partial charge in [0.25, 0.3) is 0 Å². The van der Waals surface area contributed by atoms with Crippen LogP contribution < -0.4 is 4.74 Å². The van der Waals surface area contributed by atoms with E-state index < -0.39 is 5.97 Å². The number of carbonyl (C=O) groups is 1. The van der Waals surface area contributed by atoms with Gasteiger partial charge >= 0.3 is 5.97 Å². The molecule has 0 spiro atoms. The van der Waals surface area contributed by atoms with E-state index in [1.54, 1.807) is 30.3 Å². The van der Waals surface area contributed by atoms with Gasteiger partial charge in [0.15, 0.2) is 0 Å². The second kappa shape index (κ2) is 9.17. The van der Waals surface area contributed by atoms with Crippen LogP contribution in [0.3, 0.4) is 0 Å². The number of aliphatic carboxylic acids is 1. The van der Waals surface area contributed by atoms with Crippen molar-refractivity contribution < 1.29 is 23.2 Å². The van der Waals surface area contributed by atoms with Crippen LogP contribution in [0, 0.1) is 5.82 Å². The first kappa shape index (κ1) is 17.3. The summed E-state index contributed by atoms with van der Waals surface area (Å²) >= 11 is 1.14. The van der Waals surface area contributed by atoms with E-state index in [1.165, 1.54) is 6.07 Å². The number of carboxylic acids is 1. The van der Waals surface area contributed by atoms with Crippen molar-refractivity contribution in [3.05, 3.63) is 65.5 Å². The Bertz CT molecular complexity index is 631. The average Bonchev–Trinajstić information content (AvgIpc) is 2.55. The first-order valence-corrected chi connectivity index (χ1v) is 7.97. The van der Waals surface area contributed by atoms with Gasteiger partial charge in [-0.15, -0.1) is 0 Å². The van der Waals surface area contributed by atoms with Gasteiger partial charge in [0, 0.05) is 11.3 Å². The number of halogens is 1. The maximum absolute atomic E-state index is 13.5. The molecule has 0 saturated carbocycles. The van der Waals surface area contributed by atoms with Crippen molar-refractivity contribution in [3.8, 4) is 5.75 Å². The minimum Gasteiger partial charge on any atom is -0.489 e. The largest absolute Gasteiger partial charge is 0.489 e. The quantitative estimate of drug-likeness (QED) is 0.553. The van der Waals surface area contributed by atoms with Crippen molar-refractivity contribution in [2.45, 2.75) is 19.6 Å². The molecule has 0 saturated heterocycles. The molecule has 0 radical (unpaired) electrons. The Labute approximate surface area is 138 Å². The van der Waals surface area contributed by atoms with Crippen molar-refractivity contribution in [3.63, 3.8) is 0 Å². The van der Waals surface area contributed by atoms with Crippen molar-refractivity contribution in [2.75, 3.05) is 5.75 Å². The Hall–Kier alpha value is -2.05. The third-order valence-electron chi connectivity index (χ3n) is 2.98. The fourth-order valence-corrected chi connectivity index (χ4v) is 2.35. The molecule has 0 heterocycles. The summed E-state index contributed by atoms with van der Waals surface area (Å²) in [7, 11) is 0. The molecule has 0 amide bonds. The molecule has 0 fully saturated rings. The molecular weight excluding hydrogens is 319 g/mol. The Balaban J connectivity index is 1.74. The molecule has 0 aromatic heterocycles. The summed E-state index contributed by atoms with van der Waals surface area (Å²) in [5, 5.41) is 8.50. The van der Waals surface area contributed by atoms with Crippen LogP contribution in [0.4, 0.5) is 4.39 Å². The topological polar surface area (TPSA) is 55.8 Å². The van der Waals surface area contributed by atoms with Crippen LogP contribution >= 0.6 is 12.0 Å². The van der Waals surface area contributed by atoms with E-state index in [0.29, 0.717) is 23.7 Å². The molecule has 0 aliphatic heterocycles.